The minimum atomic E-state index is -1.93. The molecule has 0 unspecified atom stereocenters. The van der Waals surface area contributed by atoms with Gasteiger partial charge in [0, 0.05) is 61.2 Å². The van der Waals surface area contributed by atoms with E-state index in [9.17, 15) is 97.1 Å². The van der Waals surface area contributed by atoms with E-state index in [2.05, 4.69) is 53.2 Å². The Morgan fingerprint density at radius 3 is 1.54 bits per heavy atom. The van der Waals surface area contributed by atoms with E-state index in [1.807, 2.05) is 0 Å². The van der Waals surface area contributed by atoms with Gasteiger partial charge in [0.25, 0.3) is 0 Å². The Morgan fingerprint density at radius 1 is 0.564 bits per heavy atom. The first-order valence-corrected chi connectivity index (χ1v) is 33.2. The lowest BCUT2D eigenvalue weighted by Crippen LogP contribution is -2.61. The lowest BCUT2D eigenvalue weighted by Gasteiger charge is -2.32. The van der Waals surface area contributed by atoms with Crippen LogP contribution in [0.5, 0.6) is 0 Å². The Balaban J connectivity index is 1.96. The smallest absolute Gasteiger partial charge is 0.305 e. The van der Waals surface area contributed by atoms with Crippen molar-refractivity contribution in [3.05, 3.63) is 35.4 Å². The number of ketones is 1. The zero-order chi connectivity index (χ0) is 70.1. The van der Waals surface area contributed by atoms with E-state index in [0.717, 1.165) is 30.4 Å². The number of primary amides is 1. The SMILES string of the molecule is CC(C)C[C@@H]1NC(=O)[C@@H]2CCCN2C(=O)[C@H](CC(C)C)NC(=O)[C@@H]2CSCc3cccc(c3)CSC[C@H](NC(=O)[C@H](CCC(N)=O)NC1=O)C(=O)N[C@@H](CC(=O)O)C(=O)C[C@@H](C)C(=O)N[C@@H](CCC(=O)O)C(=O)N[C@@H]([C@@H](C)O)C(=O)NCC(=O)N[C@@H](CCC(=O)O)C(=O)N2. The van der Waals surface area contributed by atoms with Crippen molar-refractivity contribution in [3.63, 3.8) is 0 Å². The number of nitrogens with zero attached hydrogens (tertiary/aromatic N) is 1. The summed E-state index contributed by atoms with van der Waals surface area (Å²) in [4.78, 5) is 221. The number of carboxylic acid groups (broad SMARTS) is 3. The topological polar surface area (TPSA) is 504 Å². The standard InChI is InChI=1S/C60H88N12O20S2/c1-29(2)19-39-55(87)65-36(12-15-45(61)75)53(85)70-41-27-93-25-33-9-7-10-34(22-33)26-94-28-42(57(89)68-40(20-30(3)4)60(92)72-18-8-11-43(72)58(90)67-39)69-52(84)35(13-16-47(77)78)63-46(76)24-62-59(91)50(32(6)73)71-54(86)37(14-17-48(79)80)64-51(83)31(5)21-44(74)38(23-49(81)82)66-56(41)88/h7,9-10,22,29-32,35-43,50,73H,8,11-21,23-28H2,1-6H3,(H2,61,75)(H,62,91)(H,63,76)(H,64,83)(H,65,87)(H,66,88)(H,67,90)(H,68,89)(H,69,84)(H,70,85)(H,71,86)(H,77,78)(H,79,80)(H,81,82)/t31-,32-,35+,36+,37+,38+,39+,40+,41+,42+,43+,50+/m1/s1. The van der Waals surface area contributed by atoms with Crippen LogP contribution in [-0.2, 0) is 88.2 Å². The van der Waals surface area contributed by atoms with Crippen LogP contribution in [0.1, 0.15) is 130 Å². The average Bonchev–Trinajstić information content (AvgIpc) is 1.66. The minimum Gasteiger partial charge on any atom is -0.481 e. The molecule has 1 aromatic carbocycles. The van der Waals surface area contributed by atoms with E-state index in [1.165, 1.54) is 11.8 Å². The number of amides is 12. The number of aliphatic hydroxyl groups excluding tert-OH is 1. The average molecular weight is 1360 g/mol. The van der Waals surface area contributed by atoms with E-state index >= 15 is 0 Å². The summed E-state index contributed by atoms with van der Waals surface area (Å²) < 4.78 is 0. The van der Waals surface area contributed by atoms with Crippen LogP contribution in [0.15, 0.2) is 24.3 Å². The van der Waals surface area contributed by atoms with Crippen molar-refractivity contribution in [1.82, 2.24) is 58.1 Å². The van der Waals surface area contributed by atoms with Gasteiger partial charge in [0.2, 0.25) is 70.9 Å². The highest BCUT2D eigenvalue weighted by atomic mass is 32.2. The van der Waals surface area contributed by atoms with E-state index in [0.29, 0.717) is 17.5 Å². The first-order chi connectivity index (χ1) is 44.2. The van der Waals surface area contributed by atoms with E-state index < -0.39 is 225 Å². The molecule has 520 valence electrons. The molecule has 0 radical (unpaired) electrons. The number of aliphatic carboxylic acids is 3. The first kappa shape index (κ1) is 78.0. The molecule has 0 aromatic heterocycles. The second kappa shape index (κ2) is 38.1. The number of carbonyl (C=O) groups excluding carboxylic acids is 13. The van der Waals surface area contributed by atoms with Gasteiger partial charge in [0.15, 0.2) is 5.78 Å². The Hall–Kier alpha value is -8.40. The summed E-state index contributed by atoms with van der Waals surface area (Å²) in [7, 11) is 0. The highest BCUT2D eigenvalue weighted by molar-refractivity contribution is 7.98. The Kier molecular flexibility index (Phi) is 31.6. The number of nitrogens with one attached hydrogen (secondary N) is 10. The summed E-state index contributed by atoms with van der Waals surface area (Å²) in [6.07, 6.45) is -6.90. The summed E-state index contributed by atoms with van der Waals surface area (Å²) in [5, 5.41) is 64.5. The van der Waals surface area contributed by atoms with Gasteiger partial charge in [0.05, 0.1) is 25.1 Å². The van der Waals surface area contributed by atoms with Gasteiger partial charge in [-0.25, -0.2) is 0 Å². The fourth-order valence-corrected chi connectivity index (χ4v) is 12.4. The molecular formula is C60H88N12O20S2. The Labute approximate surface area is 551 Å². The fourth-order valence-electron chi connectivity index (χ4n) is 10.4. The fraction of sp³-hybridized carbons (Fsp3) is 0.633. The number of benzene rings is 1. The van der Waals surface area contributed by atoms with Crippen LogP contribution in [0.4, 0.5) is 0 Å². The van der Waals surface area contributed by atoms with Crippen molar-refractivity contribution < 1.29 is 97.1 Å². The normalized spacial score (nSPS) is 26.6. The number of carboxylic acids is 3. The molecule has 34 heteroatoms. The molecule has 32 nitrogen and oxygen atoms in total. The molecule has 16 N–H and O–H groups in total. The zero-order valence-corrected chi connectivity index (χ0v) is 54.9. The number of hydrogen-bond acceptors (Lipinski definition) is 19. The van der Waals surface area contributed by atoms with Crippen molar-refractivity contribution in [1.29, 1.82) is 0 Å². The third-order valence-electron chi connectivity index (χ3n) is 15.3. The second-order valence-corrected chi connectivity index (χ2v) is 26.4. The van der Waals surface area contributed by atoms with Crippen molar-refractivity contribution in [2.45, 2.75) is 197 Å². The van der Waals surface area contributed by atoms with Crippen LogP contribution in [0.3, 0.4) is 0 Å². The molecule has 0 spiro atoms. The molecule has 3 heterocycles. The van der Waals surface area contributed by atoms with Crippen molar-refractivity contribution >= 4 is 118 Å². The molecule has 0 aliphatic carbocycles. The number of rotatable bonds is 16. The molecule has 1 aromatic rings. The molecule has 94 heavy (non-hydrogen) atoms. The maximum atomic E-state index is 14.8. The zero-order valence-electron chi connectivity index (χ0n) is 53.3. The molecular weight excluding hydrogens is 1270 g/mol. The molecule has 12 atom stereocenters. The highest BCUT2D eigenvalue weighted by Gasteiger charge is 2.42. The second-order valence-electron chi connectivity index (χ2n) is 24.3. The van der Waals surface area contributed by atoms with E-state index in [4.69, 9.17) is 5.73 Å². The van der Waals surface area contributed by atoms with Gasteiger partial charge in [-0.1, -0.05) is 58.9 Å². The van der Waals surface area contributed by atoms with Gasteiger partial charge in [0.1, 0.15) is 54.4 Å². The number of thioether (sulfide) groups is 2. The number of aliphatic hydroxyl groups is 1. The largest absolute Gasteiger partial charge is 0.481 e. The minimum absolute atomic E-state index is 0.00841. The van der Waals surface area contributed by atoms with Crippen LogP contribution < -0.4 is 58.9 Å². The predicted octanol–water partition coefficient (Wildman–Crippen LogP) is -2.81. The summed E-state index contributed by atoms with van der Waals surface area (Å²) in [6.45, 7) is 8.30. The maximum absolute atomic E-state index is 14.8. The van der Waals surface area contributed by atoms with E-state index in [1.54, 1.807) is 52.0 Å². The molecule has 3 aliphatic rings. The highest BCUT2D eigenvalue weighted by Crippen LogP contribution is 2.24. The summed E-state index contributed by atoms with van der Waals surface area (Å²) >= 11 is 2.21. The predicted molar refractivity (Wildman–Crippen MR) is 338 cm³/mol. The molecule has 4 bridgehead atoms. The Morgan fingerprint density at radius 2 is 1.03 bits per heavy atom. The van der Waals surface area contributed by atoms with Gasteiger partial charge in [-0.3, -0.25) is 76.7 Å². The quantitative estimate of drug-likeness (QED) is 0.0794. The molecule has 1 fully saturated rings. The summed E-state index contributed by atoms with van der Waals surface area (Å²) in [5.41, 5.74) is 6.82. The number of hydrogen-bond donors (Lipinski definition) is 15. The third-order valence-corrected chi connectivity index (χ3v) is 17.5. The van der Waals surface area contributed by atoms with Crippen LogP contribution in [0, 0.1) is 17.8 Å². The van der Waals surface area contributed by atoms with Gasteiger partial charge < -0.3 is 84.2 Å². The lowest BCUT2D eigenvalue weighted by molar-refractivity contribution is -0.143. The first-order valence-electron chi connectivity index (χ1n) is 30.9. The summed E-state index contributed by atoms with van der Waals surface area (Å²) in [6, 6.07) is -9.20. The van der Waals surface area contributed by atoms with Gasteiger partial charge in [-0.05, 0) is 74.8 Å². The van der Waals surface area contributed by atoms with Crippen LogP contribution in [0.2, 0.25) is 0 Å². The molecule has 4 rings (SSSR count). The van der Waals surface area contributed by atoms with Gasteiger partial charge >= 0.3 is 17.9 Å². The van der Waals surface area contributed by atoms with Crippen molar-refractivity contribution in [3.8, 4) is 0 Å². The molecule has 12 amide bonds. The monoisotopic (exact) mass is 1360 g/mol. The number of carbonyl (C=O) groups is 16. The van der Waals surface area contributed by atoms with Gasteiger partial charge in [-0.2, -0.15) is 23.5 Å². The molecule has 1 saturated heterocycles. The van der Waals surface area contributed by atoms with E-state index in [-0.39, 0.29) is 60.7 Å². The number of Topliss-reactive ketones (excluding diaryl/α,β-unsaturated/α-hetero) is 1. The van der Waals surface area contributed by atoms with Gasteiger partial charge in [-0.15, -0.1) is 0 Å². The van der Waals surface area contributed by atoms with Crippen LogP contribution >= 0.6 is 23.5 Å². The summed E-state index contributed by atoms with van der Waals surface area (Å²) in [5.74, 6) is -19.9. The van der Waals surface area contributed by atoms with Crippen molar-refractivity contribution in [2.24, 2.45) is 23.5 Å². The Bertz CT molecular complexity index is 2970. The van der Waals surface area contributed by atoms with Crippen molar-refractivity contribution in [2.75, 3.05) is 24.6 Å². The van der Waals surface area contributed by atoms with Crippen LogP contribution in [0.25, 0.3) is 0 Å². The third kappa shape index (κ3) is 26.2. The maximum Gasteiger partial charge on any atom is 0.305 e. The van der Waals surface area contributed by atoms with Crippen LogP contribution in [-0.4, -0.2) is 211 Å². The molecule has 0 saturated carbocycles. The lowest BCUT2D eigenvalue weighted by atomic mass is 9.96. The number of fused-ring (bicyclic) bond motifs is 7. The number of nitrogens with two attached hydrogens (primary N) is 1. The molecule has 3 aliphatic heterocycles.